The van der Waals surface area contributed by atoms with E-state index in [-0.39, 0.29) is 19.2 Å². The molecule has 114 valence electrons. The van der Waals surface area contributed by atoms with E-state index in [0.29, 0.717) is 17.3 Å². The summed E-state index contributed by atoms with van der Waals surface area (Å²) in [5.74, 6) is 1.72. The van der Waals surface area contributed by atoms with E-state index >= 15 is 0 Å². The van der Waals surface area contributed by atoms with Gasteiger partial charge in [0.15, 0.2) is 11.5 Å². The Hall–Kier alpha value is -1.66. The van der Waals surface area contributed by atoms with Gasteiger partial charge in [-0.3, -0.25) is 4.79 Å². The van der Waals surface area contributed by atoms with Crippen molar-refractivity contribution in [1.29, 1.82) is 0 Å². The molecule has 1 aromatic rings. The van der Waals surface area contributed by atoms with Crippen molar-refractivity contribution in [2.45, 2.75) is 12.5 Å². The van der Waals surface area contributed by atoms with Crippen molar-refractivity contribution in [1.82, 2.24) is 5.32 Å². The average molecular weight is 309 g/mol. The summed E-state index contributed by atoms with van der Waals surface area (Å²) in [4.78, 5) is 11.7. The van der Waals surface area contributed by atoms with Crippen LogP contribution in [0.1, 0.15) is 12.5 Å². The highest BCUT2D eigenvalue weighted by atomic mass is 32.2. The van der Waals surface area contributed by atoms with Crippen LogP contribution in [0.2, 0.25) is 0 Å². The fourth-order valence-corrected chi connectivity index (χ4v) is 2.61. The van der Waals surface area contributed by atoms with Crippen LogP contribution >= 0.6 is 11.8 Å². The molecule has 0 spiro atoms. The van der Waals surface area contributed by atoms with Gasteiger partial charge in [-0.25, -0.2) is 0 Å². The normalized spacial score (nSPS) is 16.0. The number of carbonyl (C=O) groups excluding carboxylic acids is 1. The molecule has 1 unspecified atom stereocenters. The molecular formula is C15H19NO4S. The van der Waals surface area contributed by atoms with Crippen molar-refractivity contribution in [3.8, 4) is 11.5 Å². The molecule has 1 aromatic carbocycles. The van der Waals surface area contributed by atoms with Crippen LogP contribution in [0.4, 0.5) is 0 Å². The Morgan fingerprint density at radius 2 is 2.24 bits per heavy atom. The molecule has 0 saturated heterocycles. The molecule has 5 nitrogen and oxygen atoms in total. The number of hydrogen-bond donors (Lipinski definition) is 2. The van der Waals surface area contributed by atoms with Crippen LogP contribution in [0.3, 0.4) is 0 Å². The Labute approximate surface area is 128 Å². The predicted octanol–water partition coefficient (Wildman–Crippen LogP) is 1.66. The molecule has 1 amide bonds. The molecule has 2 N–H and O–H groups in total. The van der Waals surface area contributed by atoms with Crippen molar-refractivity contribution in [3.05, 3.63) is 29.8 Å². The number of ether oxygens (including phenoxy) is 2. The van der Waals surface area contributed by atoms with Gasteiger partial charge < -0.3 is 19.9 Å². The summed E-state index contributed by atoms with van der Waals surface area (Å²) < 4.78 is 10.5. The van der Waals surface area contributed by atoms with E-state index < -0.39 is 5.60 Å². The highest BCUT2D eigenvalue weighted by molar-refractivity contribution is 7.98. The molecule has 0 aliphatic carbocycles. The van der Waals surface area contributed by atoms with Crippen LogP contribution in [0.5, 0.6) is 11.5 Å². The van der Waals surface area contributed by atoms with Crippen LogP contribution < -0.4 is 14.8 Å². The van der Waals surface area contributed by atoms with Gasteiger partial charge in [0.1, 0.15) is 0 Å². The van der Waals surface area contributed by atoms with Gasteiger partial charge in [0, 0.05) is 18.4 Å². The second-order valence-electron chi connectivity index (χ2n) is 5.09. The van der Waals surface area contributed by atoms with Gasteiger partial charge in [-0.05, 0) is 37.0 Å². The summed E-state index contributed by atoms with van der Waals surface area (Å²) in [6.45, 7) is 2.15. The average Bonchev–Trinajstić information content (AvgIpc) is 2.90. The topological polar surface area (TPSA) is 67.8 Å². The zero-order valence-corrected chi connectivity index (χ0v) is 12.9. The Balaban J connectivity index is 1.87. The number of benzene rings is 1. The third kappa shape index (κ3) is 4.68. The number of amides is 1. The summed E-state index contributed by atoms with van der Waals surface area (Å²) in [5.41, 5.74) is -0.0490. The van der Waals surface area contributed by atoms with Crippen molar-refractivity contribution in [3.63, 3.8) is 0 Å². The number of fused-ring (bicyclic) bond motifs is 1. The molecule has 6 heteroatoms. The maximum atomic E-state index is 11.7. The predicted molar refractivity (Wildman–Crippen MR) is 83.6 cm³/mol. The molecule has 0 fully saturated rings. The van der Waals surface area contributed by atoms with Crippen LogP contribution in [0.25, 0.3) is 6.08 Å². The van der Waals surface area contributed by atoms with E-state index in [1.807, 2.05) is 24.5 Å². The first-order valence-corrected chi connectivity index (χ1v) is 7.96. The lowest BCUT2D eigenvalue weighted by Gasteiger charge is -2.21. The summed E-state index contributed by atoms with van der Waals surface area (Å²) in [7, 11) is 0. The largest absolute Gasteiger partial charge is 0.454 e. The minimum atomic E-state index is -0.901. The molecule has 1 heterocycles. The van der Waals surface area contributed by atoms with Crippen LogP contribution in [-0.4, -0.2) is 42.0 Å². The number of aliphatic hydroxyl groups is 1. The summed E-state index contributed by atoms with van der Waals surface area (Å²) in [6, 6.07) is 5.47. The van der Waals surface area contributed by atoms with E-state index in [4.69, 9.17) is 9.47 Å². The second-order valence-corrected chi connectivity index (χ2v) is 5.96. The van der Waals surface area contributed by atoms with Gasteiger partial charge in [-0.1, -0.05) is 6.07 Å². The minimum absolute atomic E-state index is 0.220. The van der Waals surface area contributed by atoms with Crippen molar-refractivity contribution in [2.24, 2.45) is 0 Å². The SMILES string of the molecule is CSCC(C)(O)CNC(=O)/C=C/c1ccc2c(c1)OCO2. The number of hydrogen-bond acceptors (Lipinski definition) is 5. The molecule has 2 rings (SSSR count). The fourth-order valence-electron chi connectivity index (χ4n) is 1.89. The first-order chi connectivity index (χ1) is 10.00. The molecule has 0 aromatic heterocycles. The van der Waals surface area contributed by atoms with Gasteiger partial charge in [0.2, 0.25) is 12.7 Å². The third-order valence-corrected chi connectivity index (χ3v) is 3.83. The number of nitrogens with one attached hydrogen (secondary N) is 1. The summed E-state index contributed by atoms with van der Waals surface area (Å²) in [6.07, 6.45) is 5.04. The lowest BCUT2D eigenvalue weighted by molar-refractivity contribution is -0.117. The second kappa shape index (κ2) is 6.87. The standard InChI is InChI=1S/C15H19NO4S/c1-15(18,9-21-2)8-16-14(17)6-4-11-3-5-12-13(7-11)20-10-19-12/h3-7,18H,8-10H2,1-2H3,(H,16,17)/b6-4+. The first-order valence-electron chi connectivity index (χ1n) is 6.57. The van der Waals surface area contributed by atoms with Gasteiger partial charge in [-0.2, -0.15) is 11.8 Å². The third-order valence-electron chi connectivity index (χ3n) is 2.92. The van der Waals surface area contributed by atoms with E-state index in [1.165, 1.54) is 17.8 Å². The molecule has 21 heavy (non-hydrogen) atoms. The van der Waals surface area contributed by atoms with E-state index in [0.717, 1.165) is 5.56 Å². The first kappa shape index (κ1) is 15.7. The zero-order valence-electron chi connectivity index (χ0n) is 12.1. The lowest BCUT2D eigenvalue weighted by atomic mass is 10.1. The van der Waals surface area contributed by atoms with Crippen molar-refractivity contribution < 1.29 is 19.4 Å². The monoisotopic (exact) mass is 309 g/mol. The van der Waals surface area contributed by atoms with E-state index in [2.05, 4.69) is 5.32 Å². The number of thioether (sulfide) groups is 1. The Kier molecular flexibility index (Phi) is 5.14. The van der Waals surface area contributed by atoms with Crippen LogP contribution in [0, 0.1) is 0 Å². The Morgan fingerprint density at radius 3 is 3.00 bits per heavy atom. The van der Waals surface area contributed by atoms with Gasteiger partial charge in [-0.15, -0.1) is 0 Å². The molecule has 0 radical (unpaired) electrons. The number of rotatable bonds is 6. The number of carbonyl (C=O) groups is 1. The zero-order chi connectivity index (χ0) is 15.3. The maximum absolute atomic E-state index is 11.7. The lowest BCUT2D eigenvalue weighted by Crippen LogP contribution is -2.41. The van der Waals surface area contributed by atoms with E-state index in [1.54, 1.807) is 13.0 Å². The smallest absolute Gasteiger partial charge is 0.244 e. The fraction of sp³-hybridized carbons (Fsp3) is 0.400. The molecule has 1 atom stereocenters. The van der Waals surface area contributed by atoms with Crippen LogP contribution in [0.15, 0.2) is 24.3 Å². The van der Waals surface area contributed by atoms with E-state index in [9.17, 15) is 9.90 Å². The molecule has 0 saturated carbocycles. The van der Waals surface area contributed by atoms with Crippen LogP contribution in [-0.2, 0) is 4.79 Å². The minimum Gasteiger partial charge on any atom is -0.454 e. The molecule has 1 aliphatic rings. The quantitative estimate of drug-likeness (QED) is 0.782. The Morgan fingerprint density at radius 1 is 1.48 bits per heavy atom. The molecular weight excluding hydrogens is 290 g/mol. The summed E-state index contributed by atoms with van der Waals surface area (Å²) in [5, 5.41) is 12.6. The maximum Gasteiger partial charge on any atom is 0.244 e. The summed E-state index contributed by atoms with van der Waals surface area (Å²) >= 11 is 1.54. The van der Waals surface area contributed by atoms with Crippen molar-refractivity contribution in [2.75, 3.05) is 25.3 Å². The van der Waals surface area contributed by atoms with Gasteiger partial charge in [0.05, 0.1) is 5.60 Å². The highest BCUT2D eigenvalue weighted by Crippen LogP contribution is 2.32. The molecule has 0 bridgehead atoms. The highest BCUT2D eigenvalue weighted by Gasteiger charge is 2.19. The molecule has 1 aliphatic heterocycles. The van der Waals surface area contributed by atoms with Gasteiger partial charge >= 0.3 is 0 Å². The van der Waals surface area contributed by atoms with Crippen molar-refractivity contribution >= 4 is 23.7 Å². The van der Waals surface area contributed by atoms with Gasteiger partial charge in [0.25, 0.3) is 0 Å². The Bertz CT molecular complexity index is 542.